The lowest BCUT2D eigenvalue weighted by molar-refractivity contribution is 0.638. The van der Waals surface area contributed by atoms with E-state index in [0.717, 1.165) is 21.9 Å². The third kappa shape index (κ3) is 3.52. The Bertz CT molecular complexity index is 695. The first kappa shape index (κ1) is 15.5. The molecule has 2 aromatic rings. The first-order valence-corrected chi connectivity index (χ1v) is 10.2. The summed E-state index contributed by atoms with van der Waals surface area (Å²) in [6.07, 6.45) is 2.55. The first-order chi connectivity index (χ1) is 10.1. The number of hydrogen-bond acceptors (Lipinski definition) is 4. The van der Waals surface area contributed by atoms with Crippen molar-refractivity contribution in [2.45, 2.75) is 25.8 Å². The van der Waals surface area contributed by atoms with Crippen molar-refractivity contribution in [2.24, 2.45) is 5.92 Å². The molecular formula is C15H15BrClNOS2. The Labute approximate surface area is 144 Å². The van der Waals surface area contributed by atoms with E-state index in [9.17, 15) is 4.79 Å². The van der Waals surface area contributed by atoms with Crippen LogP contribution in [0.4, 0.5) is 5.00 Å². The van der Waals surface area contributed by atoms with Crippen LogP contribution in [0.25, 0.3) is 0 Å². The van der Waals surface area contributed by atoms with Crippen molar-refractivity contribution >= 4 is 53.2 Å². The van der Waals surface area contributed by atoms with Crippen LogP contribution in [0.5, 0.6) is 0 Å². The van der Waals surface area contributed by atoms with E-state index in [1.54, 1.807) is 0 Å². The summed E-state index contributed by atoms with van der Waals surface area (Å²) in [6, 6.07) is 8.53. The fourth-order valence-electron chi connectivity index (χ4n) is 2.35. The maximum absolute atomic E-state index is 11.7. The number of benzene rings is 1. The lowest BCUT2D eigenvalue weighted by Gasteiger charge is -2.30. The summed E-state index contributed by atoms with van der Waals surface area (Å²) in [5, 5.41) is 1.30. The summed E-state index contributed by atoms with van der Waals surface area (Å²) in [5.74, 6) is 0.734. The minimum atomic E-state index is -0.0288. The average Bonchev–Trinajstić information content (AvgIpc) is 3.23. The van der Waals surface area contributed by atoms with Gasteiger partial charge in [0.1, 0.15) is 10.0 Å². The van der Waals surface area contributed by atoms with Gasteiger partial charge in [0.05, 0.1) is 6.04 Å². The summed E-state index contributed by atoms with van der Waals surface area (Å²) in [4.78, 5) is 14.0. The van der Waals surface area contributed by atoms with Gasteiger partial charge in [-0.25, -0.2) is 0 Å². The van der Waals surface area contributed by atoms with Gasteiger partial charge in [-0.1, -0.05) is 50.0 Å². The Morgan fingerprint density at radius 3 is 2.76 bits per heavy atom. The summed E-state index contributed by atoms with van der Waals surface area (Å²) < 4.78 is 1.04. The second kappa shape index (κ2) is 6.41. The van der Waals surface area contributed by atoms with E-state index in [1.165, 1.54) is 39.1 Å². The first-order valence-electron chi connectivity index (χ1n) is 6.87. The normalized spacial score (nSPS) is 16.0. The lowest BCUT2D eigenvalue weighted by Crippen LogP contribution is -2.28. The Kier molecular flexibility index (Phi) is 4.74. The van der Waals surface area contributed by atoms with Gasteiger partial charge < -0.3 is 4.90 Å². The molecule has 0 aliphatic heterocycles. The van der Waals surface area contributed by atoms with Crippen molar-refractivity contribution < 1.29 is 0 Å². The summed E-state index contributed by atoms with van der Waals surface area (Å²) in [6.45, 7) is 3.15. The van der Waals surface area contributed by atoms with Crippen molar-refractivity contribution in [1.29, 1.82) is 0 Å². The average molecular weight is 405 g/mol. The molecule has 2 nitrogen and oxygen atoms in total. The standard InChI is InChI=1S/C15H15BrClNOS2/c1-9(11-3-2-4-12(16)7-11)18(8-10-5-6-10)14-13(17)15(19)21-20-14/h2-4,7,9-10H,5-6,8H2,1H3. The van der Waals surface area contributed by atoms with E-state index in [-0.39, 0.29) is 10.8 Å². The van der Waals surface area contributed by atoms with E-state index in [2.05, 4.69) is 39.9 Å². The summed E-state index contributed by atoms with van der Waals surface area (Å²) in [5.41, 5.74) is 1.23. The van der Waals surface area contributed by atoms with Gasteiger partial charge in [-0.3, -0.25) is 4.79 Å². The van der Waals surface area contributed by atoms with Crippen molar-refractivity contribution in [3.8, 4) is 0 Å². The van der Waals surface area contributed by atoms with E-state index < -0.39 is 0 Å². The zero-order valence-corrected chi connectivity index (χ0v) is 15.5. The van der Waals surface area contributed by atoms with Gasteiger partial charge in [0, 0.05) is 11.0 Å². The van der Waals surface area contributed by atoms with Crippen molar-refractivity contribution in [2.75, 3.05) is 11.4 Å². The number of halogens is 2. The highest BCUT2D eigenvalue weighted by Crippen LogP contribution is 2.41. The van der Waals surface area contributed by atoms with Crippen LogP contribution in [0.2, 0.25) is 5.02 Å². The van der Waals surface area contributed by atoms with Crippen molar-refractivity contribution in [3.63, 3.8) is 0 Å². The van der Waals surface area contributed by atoms with Gasteiger partial charge in [-0.2, -0.15) is 0 Å². The molecule has 0 N–H and O–H groups in total. The zero-order chi connectivity index (χ0) is 15.0. The van der Waals surface area contributed by atoms with E-state index >= 15 is 0 Å². The van der Waals surface area contributed by atoms with Gasteiger partial charge in [0.25, 0.3) is 4.74 Å². The molecule has 1 fully saturated rings. The zero-order valence-electron chi connectivity index (χ0n) is 11.5. The van der Waals surface area contributed by atoms with Gasteiger partial charge in [-0.15, -0.1) is 0 Å². The molecule has 1 unspecified atom stereocenters. The third-order valence-electron chi connectivity index (χ3n) is 3.77. The van der Waals surface area contributed by atoms with Gasteiger partial charge in [0.2, 0.25) is 0 Å². The second-order valence-corrected chi connectivity index (χ2v) is 8.78. The largest absolute Gasteiger partial charge is 0.354 e. The molecule has 1 aromatic heterocycles. The Morgan fingerprint density at radius 1 is 1.43 bits per heavy atom. The molecule has 1 heterocycles. The fourth-order valence-corrected chi connectivity index (χ4v) is 5.52. The van der Waals surface area contributed by atoms with Crippen molar-refractivity contribution in [1.82, 2.24) is 0 Å². The number of anilines is 1. The fraction of sp³-hybridized carbons (Fsp3) is 0.400. The Balaban J connectivity index is 1.94. The molecule has 6 heteroatoms. The van der Waals surface area contributed by atoms with Crippen LogP contribution in [0.3, 0.4) is 0 Å². The highest BCUT2D eigenvalue weighted by atomic mass is 79.9. The van der Waals surface area contributed by atoms with Crippen LogP contribution in [-0.4, -0.2) is 6.54 Å². The van der Waals surface area contributed by atoms with E-state index in [4.69, 9.17) is 11.6 Å². The van der Waals surface area contributed by atoms with Crippen LogP contribution in [-0.2, 0) is 0 Å². The SMILES string of the molecule is CC(c1cccc(Br)c1)N(CC1CC1)c1ssc(=O)c1Cl. The molecule has 1 saturated carbocycles. The number of rotatable bonds is 5. The Morgan fingerprint density at radius 2 is 2.19 bits per heavy atom. The van der Waals surface area contributed by atoms with Crippen LogP contribution in [0.1, 0.15) is 31.4 Å². The molecular weight excluding hydrogens is 390 g/mol. The maximum atomic E-state index is 11.7. The molecule has 21 heavy (non-hydrogen) atoms. The molecule has 1 aromatic carbocycles. The molecule has 0 spiro atoms. The van der Waals surface area contributed by atoms with Gasteiger partial charge in [-0.05, 0) is 53.7 Å². The van der Waals surface area contributed by atoms with Crippen LogP contribution >= 0.6 is 48.2 Å². The van der Waals surface area contributed by atoms with Crippen molar-refractivity contribution in [3.05, 3.63) is 48.9 Å². The smallest absolute Gasteiger partial charge is 0.263 e. The minimum Gasteiger partial charge on any atom is -0.354 e. The molecule has 0 bridgehead atoms. The second-order valence-electron chi connectivity index (χ2n) is 5.40. The topological polar surface area (TPSA) is 20.3 Å². The maximum Gasteiger partial charge on any atom is 0.263 e. The highest BCUT2D eigenvalue weighted by Gasteiger charge is 2.30. The molecule has 0 radical (unpaired) electrons. The van der Waals surface area contributed by atoms with Crippen LogP contribution in [0.15, 0.2) is 33.5 Å². The molecule has 3 rings (SSSR count). The number of hydrogen-bond donors (Lipinski definition) is 0. The van der Waals surface area contributed by atoms with E-state index in [1.807, 2.05) is 12.1 Å². The molecule has 1 aliphatic rings. The van der Waals surface area contributed by atoms with E-state index in [0.29, 0.717) is 5.02 Å². The quantitative estimate of drug-likeness (QED) is 0.608. The Hall–Kier alpha value is -0.360. The van der Waals surface area contributed by atoms with Crippen LogP contribution < -0.4 is 9.64 Å². The van der Waals surface area contributed by atoms with Crippen LogP contribution in [0, 0.1) is 5.92 Å². The third-order valence-corrected chi connectivity index (χ3v) is 7.06. The molecule has 0 saturated heterocycles. The minimum absolute atomic E-state index is 0.0288. The predicted molar refractivity (Wildman–Crippen MR) is 96.1 cm³/mol. The molecule has 1 aliphatic carbocycles. The van der Waals surface area contributed by atoms with Gasteiger partial charge >= 0.3 is 0 Å². The summed E-state index contributed by atoms with van der Waals surface area (Å²) in [7, 11) is 2.72. The molecule has 112 valence electrons. The summed E-state index contributed by atoms with van der Waals surface area (Å²) >= 11 is 9.76. The molecule has 0 amide bonds. The monoisotopic (exact) mass is 403 g/mol. The lowest BCUT2D eigenvalue weighted by atomic mass is 10.1. The highest BCUT2D eigenvalue weighted by molar-refractivity contribution is 9.10. The number of nitrogens with zero attached hydrogens (tertiary/aromatic N) is 1. The van der Waals surface area contributed by atoms with Gasteiger partial charge in [0.15, 0.2) is 0 Å². The predicted octanol–water partition coefficient (Wildman–Crippen LogP) is 5.56. The molecule has 1 atom stereocenters.